The molecule has 0 aliphatic heterocycles. The molecule has 0 bridgehead atoms. The number of hydrogen-bond donors (Lipinski definition) is 2. The number of halogens is 1. The number of carbonyl (C=O) groups is 2. The lowest BCUT2D eigenvalue weighted by Gasteiger charge is -2.06. The molecule has 110 valence electrons. The zero-order valence-electron chi connectivity index (χ0n) is 11.6. The predicted octanol–water partition coefficient (Wildman–Crippen LogP) is 2.42. The molecule has 0 aliphatic rings. The van der Waals surface area contributed by atoms with Crippen molar-refractivity contribution in [3.05, 3.63) is 45.8 Å². The molecule has 0 unspecified atom stereocenters. The van der Waals surface area contributed by atoms with E-state index in [1.54, 1.807) is 32.0 Å². The smallest absolute Gasteiger partial charge is 0.251 e. The van der Waals surface area contributed by atoms with Crippen LogP contribution >= 0.6 is 15.9 Å². The zero-order chi connectivity index (χ0) is 15.4. The van der Waals surface area contributed by atoms with E-state index >= 15 is 0 Å². The second-order valence-electron chi connectivity index (χ2n) is 4.44. The number of hydrogen-bond acceptors (Lipinski definition) is 4. The minimum Gasteiger partial charge on any atom is -0.359 e. The Morgan fingerprint density at radius 2 is 2.10 bits per heavy atom. The molecule has 0 radical (unpaired) electrons. The third kappa shape index (κ3) is 3.91. The van der Waals surface area contributed by atoms with Crippen LogP contribution in [0, 0.1) is 13.8 Å². The van der Waals surface area contributed by atoms with Gasteiger partial charge in [0.05, 0.1) is 6.54 Å². The number of nitrogens with zero attached hydrogens (tertiary/aromatic N) is 1. The summed E-state index contributed by atoms with van der Waals surface area (Å²) in [7, 11) is 0. The van der Waals surface area contributed by atoms with Crippen LogP contribution in [-0.2, 0) is 4.79 Å². The lowest BCUT2D eigenvalue weighted by atomic mass is 10.2. The van der Waals surface area contributed by atoms with E-state index in [1.807, 2.05) is 6.07 Å². The summed E-state index contributed by atoms with van der Waals surface area (Å²) in [5.74, 6) is -0.128. The molecule has 6 nitrogen and oxygen atoms in total. The van der Waals surface area contributed by atoms with Crippen molar-refractivity contribution in [2.24, 2.45) is 0 Å². The summed E-state index contributed by atoms with van der Waals surface area (Å²) in [4.78, 5) is 23.7. The van der Waals surface area contributed by atoms with Crippen molar-refractivity contribution in [1.82, 2.24) is 10.5 Å². The maximum Gasteiger partial charge on any atom is 0.251 e. The van der Waals surface area contributed by atoms with Crippen LogP contribution in [0.4, 0.5) is 5.69 Å². The summed E-state index contributed by atoms with van der Waals surface area (Å²) in [6.07, 6.45) is 0. The number of aromatic nitrogens is 1. The van der Waals surface area contributed by atoms with E-state index in [4.69, 9.17) is 4.52 Å². The zero-order valence-corrected chi connectivity index (χ0v) is 13.2. The first-order chi connectivity index (χ1) is 9.97. The van der Waals surface area contributed by atoms with Gasteiger partial charge in [-0.05, 0) is 32.0 Å². The highest BCUT2D eigenvalue weighted by Crippen LogP contribution is 2.18. The monoisotopic (exact) mass is 351 g/mol. The van der Waals surface area contributed by atoms with Crippen molar-refractivity contribution >= 4 is 33.4 Å². The lowest BCUT2D eigenvalue weighted by Crippen LogP contribution is -2.33. The highest BCUT2D eigenvalue weighted by atomic mass is 79.9. The first kappa shape index (κ1) is 15.2. The van der Waals surface area contributed by atoms with E-state index in [9.17, 15) is 9.59 Å². The van der Waals surface area contributed by atoms with Crippen LogP contribution in [0.15, 0.2) is 33.3 Å². The van der Waals surface area contributed by atoms with Gasteiger partial charge in [-0.25, -0.2) is 0 Å². The molecule has 0 fully saturated rings. The SMILES string of the molecule is Cc1noc(C)c1NC(=O)CNC(=O)c1cccc(Br)c1. The second kappa shape index (κ2) is 6.53. The summed E-state index contributed by atoms with van der Waals surface area (Å²) in [6.45, 7) is 3.30. The molecule has 2 rings (SSSR count). The average Bonchev–Trinajstić information content (AvgIpc) is 2.76. The number of aryl methyl sites for hydroxylation is 2. The fraction of sp³-hybridized carbons (Fsp3) is 0.214. The van der Waals surface area contributed by atoms with Crippen LogP contribution in [0.1, 0.15) is 21.8 Å². The molecule has 0 saturated heterocycles. The standard InChI is InChI=1S/C14H14BrN3O3/c1-8-13(9(2)21-18-8)17-12(19)7-16-14(20)10-4-3-5-11(15)6-10/h3-6H,7H2,1-2H3,(H,16,20)(H,17,19). The topological polar surface area (TPSA) is 84.2 Å². The van der Waals surface area contributed by atoms with Crippen molar-refractivity contribution in [2.45, 2.75) is 13.8 Å². The Morgan fingerprint density at radius 3 is 2.71 bits per heavy atom. The van der Waals surface area contributed by atoms with E-state index < -0.39 is 0 Å². The number of amides is 2. The van der Waals surface area contributed by atoms with Gasteiger partial charge in [0.1, 0.15) is 11.4 Å². The molecule has 0 aliphatic carbocycles. The molecule has 0 spiro atoms. The molecule has 7 heteroatoms. The van der Waals surface area contributed by atoms with Crippen LogP contribution in [0.3, 0.4) is 0 Å². The van der Waals surface area contributed by atoms with Crippen LogP contribution in [0.25, 0.3) is 0 Å². The fourth-order valence-electron chi connectivity index (χ4n) is 1.74. The Labute approximate surface area is 130 Å². The van der Waals surface area contributed by atoms with Gasteiger partial charge in [-0.2, -0.15) is 0 Å². The van der Waals surface area contributed by atoms with Gasteiger partial charge in [-0.3, -0.25) is 9.59 Å². The Balaban J connectivity index is 1.91. The summed E-state index contributed by atoms with van der Waals surface area (Å²) in [6, 6.07) is 6.93. The minimum atomic E-state index is -0.340. The molecule has 2 aromatic rings. The van der Waals surface area contributed by atoms with Gasteiger partial charge in [0.25, 0.3) is 5.91 Å². The maximum atomic E-state index is 11.9. The first-order valence-electron chi connectivity index (χ1n) is 6.24. The molecular weight excluding hydrogens is 338 g/mol. The van der Waals surface area contributed by atoms with E-state index in [-0.39, 0.29) is 18.4 Å². The number of rotatable bonds is 4. The quantitative estimate of drug-likeness (QED) is 0.885. The molecule has 21 heavy (non-hydrogen) atoms. The Kier molecular flexibility index (Phi) is 4.74. The highest BCUT2D eigenvalue weighted by molar-refractivity contribution is 9.10. The molecule has 0 saturated carbocycles. The van der Waals surface area contributed by atoms with Gasteiger partial charge in [0.2, 0.25) is 5.91 Å². The van der Waals surface area contributed by atoms with Gasteiger partial charge in [-0.1, -0.05) is 27.2 Å². The molecule has 2 amide bonds. The van der Waals surface area contributed by atoms with Gasteiger partial charge < -0.3 is 15.2 Å². The third-order valence-electron chi connectivity index (χ3n) is 2.79. The molecule has 2 N–H and O–H groups in total. The number of nitrogens with one attached hydrogen (secondary N) is 2. The maximum absolute atomic E-state index is 11.9. The van der Waals surface area contributed by atoms with Crippen LogP contribution in [0.2, 0.25) is 0 Å². The molecule has 1 aromatic carbocycles. The second-order valence-corrected chi connectivity index (χ2v) is 5.36. The Morgan fingerprint density at radius 1 is 1.33 bits per heavy atom. The van der Waals surface area contributed by atoms with Crippen LogP contribution in [-0.4, -0.2) is 23.5 Å². The van der Waals surface area contributed by atoms with Crippen molar-refractivity contribution < 1.29 is 14.1 Å². The fourth-order valence-corrected chi connectivity index (χ4v) is 2.14. The van der Waals surface area contributed by atoms with Crippen LogP contribution in [0.5, 0.6) is 0 Å². The highest BCUT2D eigenvalue weighted by Gasteiger charge is 2.13. The number of carbonyl (C=O) groups excluding carboxylic acids is 2. The van der Waals surface area contributed by atoms with Gasteiger partial charge in [0, 0.05) is 10.0 Å². The van der Waals surface area contributed by atoms with Gasteiger partial charge >= 0.3 is 0 Å². The van der Waals surface area contributed by atoms with Gasteiger partial charge in [0.15, 0.2) is 5.76 Å². The summed E-state index contributed by atoms with van der Waals surface area (Å²) >= 11 is 3.29. The molecule has 1 aromatic heterocycles. The molecular formula is C14H14BrN3O3. The van der Waals surface area contributed by atoms with Crippen molar-refractivity contribution in [3.8, 4) is 0 Å². The van der Waals surface area contributed by atoms with Crippen molar-refractivity contribution in [1.29, 1.82) is 0 Å². The predicted molar refractivity (Wildman–Crippen MR) is 81.1 cm³/mol. The van der Waals surface area contributed by atoms with E-state index in [1.165, 1.54) is 0 Å². The molecule has 0 atom stereocenters. The van der Waals surface area contributed by atoms with E-state index in [2.05, 4.69) is 31.7 Å². The third-order valence-corrected chi connectivity index (χ3v) is 3.29. The van der Waals surface area contributed by atoms with E-state index in [0.717, 1.165) is 4.47 Å². The van der Waals surface area contributed by atoms with Gasteiger partial charge in [-0.15, -0.1) is 0 Å². The Hall–Kier alpha value is -2.15. The average molecular weight is 352 g/mol. The van der Waals surface area contributed by atoms with Crippen LogP contribution < -0.4 is 10.6 Å². The summed E-state index contributed by atoms with van der Waals surface area (Å²) < 4.78 is 5.75. The summed E-state index contributed by atoms with van der Waals surface area (Å²) in [5.41, 5.74) is 1.62. The number of benzene rings is 1. The van der Waals surface area contributed by atoms with Crippen molar-refractivity contribution in [2.75, 3.05) is 11.9 Å². The Bertz CT molecular complexity index is 662. The van der Waals surface area contributed by atoms with Crippen molar-refractivity contribution in [3.63, 3.8) is 0 Å². The largest absolute Gasteiger partial charge is 0.359 e. The normalized spacial score (nSPS) is 10.2. The first-order valence-corrected chi connectivity index (χ1v) is 7.03. The summed E-state index contributed by atoms with van der Waals surface area (Å²) in [5, 5.41) is 8.95. The minimum absolute atomic E-state index is 0.130. The molecule has 1 heterocycles. The van der Waals surface area contributed by atoms with E-state index in [0.29, 0.717) is 22.7 Å². The number of anilines is 1. The lowest BCUT2D eigenvalue weighted by molar-refractivity contribution is -0.115.